The molecule has 6 rings (SSSR count). The highest BCUT2D eigenvalue weighted by molar-refractivity contribution is 6.20. The lowest BCUT2D eigenvalue weighted by molar-refractivity contribution is 0.0365. The number of amides is 2. The van der Waals surface area contributed by atoms with Gasteiger partial charge in [0.2, 0.25) is 5.91 Å². The topological polar surface area (TPSA) is 115 Å². The van der Waals surface area contributed by atoms with E-state index in [1.165, 1.54) is 0 Å². The molecule has 40 heavy (non-hydrogen) atoms. The molecule has 1 aliphatic heterocycles. The first kappa shape index (κ1) is 25.8. The number of aryl methyl sites for hydroxylation is 2. The van der Waals surface area contributed by atoms with Crippen molar-refractivity contribution in [3.63, 3.8) is 0 Å². The minimum atomic E-state index is -0.548. The summed E-state index contributed by atoms with van der Waals surface area (Å²) in [4.78, 5) is 28.4. The number of carbonyl (C=O) groups is 2. The fraction of sp³-hybridized carbons (Fsp3) is 0.281. The van der Waals surface area contributed by atoms with E-state index in [9.17, 15) is 14.7 Å². The average Bonchev–Trinajstić information content (AvgIpc) is 3.43. The number of benzene rings is 3. The molecular formula is C32H32N4O4. The van der Waals surface area contributed by atoms with Crippen molar-refractivity contribution in [2.45, 2.75) is 52.3 Å². The predicted octanol–water partition coefficient (Wildman–Crippen LogP) is 5.20. The van der Waals surface area contributed by atoms with Gasteiger partial charge in [0.15, 0.2) is 0 Å². The summed E-state index contributed by atoms with van der Waals surface area (Å²) in [6.07, 6.45) is 0.730. The van der Waals surface area contributed by atoms with E-state index in [-0.39, 0.29) is 18.1 Å². The van der Waals surface area contributed by atoms with Crippen LogP contribution in [0, 0.1) is 13.8 Å². The van der Waals surface area contributed by atoms with Gasteiger partial charge in [-0.3, -0.25) is 9.59 Å². The zero-order valence-corrected chi connectivity index (χ0v) is 22.8. The molecule has 0 spiro atoms. The molecule has 8 nitrogen and oxygen atoms in total. The highest BCUT2D eigenvalue weighted by Crippen LogP contribution is 2.38. The fourth-order valence-corrected chi connectivity index (χ4v) is 6.14. The summed E-state index contributed by atoms with van der Waals surface area (Å²) in [6.45, 7) is 6.76. The molecule has 204 valence electrons. The molecule has 3 heterocycles. The van der Waals surface area contributed by atoms with E-state index in [1.807, 2.05) is 68.1 Å². The molecule has 0 saturated carbocycles. The van der Waals surface area contributed by atoms with E-state index in [4.69, 9.17) is 10.3 Å². The van der Waals surface area contributed by atoms with Crippen molar-refractivity contribution < 1.29 is 19.2 Å². The number of rotatable bonds is 5. The SMILES string of the molecule is Cc1noc(C)c1-c1cc(C(N)=O)c2c3cc(C(=O)N4CCC(O)CC4C)ccc3n(Cc3ccccc3)c2c1. The fourth-order valence-electron chi connectivity index (χ4n) is 6.14. The molecule has 1 aliphatic rings. The zero-order chi connectivity index (χ0) is 28.1. The van der Waals surface area contributed by atoms with Crippen LogP contribution in [0.4, 0.5) is 0 Å². The quantitative estimate of drug-likeness (QED) is 0.321. The Hall–Kier alpha value is -4.43. The number of hydrogen-bond acceptors (Lipinski definition) is 5. The van der Waals surface area contributed by atoms with Crippen LogP contribution in [0.3, 0.4) is 0 Å². The van der Waals surface area contributed by atoms with Crippen LogP contribution in [0.1, 0.15) is 57.5 Å². The number of likely N-dealkylation sites (tertiary alicyclic amines) is 1. The van der Waals surface area contributed by atoms with Crippen LogP contribution in [0.15, 0.2) is 65.2 Å². The van der Waals surface area contributed by atoms with Crippen molar-refractivity contribution in [3.8, 4) is 11.1 Å². The minimum absolute atomic E-state index is 0.0647. The van der Waals surface area contributed by atoms with Gasteiger partial charge in [-0.05, 0) is 75.1 Å². The maximum absolute atomic E-state index is 13.6. The average molecular weight is 537 g/mol. The van der Waals surface area contributed by atoms with E-state index < -0.39 is 5.91 Å². The third-order valence-electron chi connectivity index (χ3n) is 8.09. The standard InChI is InChI=1S/C32H32N4O4/c1-18-13-24(37)11-12-35(18)32(39)22-9-10-27-25(14-22)30-26(31(33)38)15-23(29-19(2)34-40-20(29)3)16-28(30)36(27)17-21-7-5-4-6-8-21/h4-10,14-16,18,24,37H,11-13,17H2,1-3H3,(H2,33,38). The monoisotopic (exact) mass is 536 g/mol. The van der Waals surface area contributed by atoms with Gasteiger partial charge in [-0.25, -0.2) is 0 Å². The molecule has 2 aromatic heterocycles. The Balaban J connectivity index is 1.60. The number of fused-ring (bicyclic) bond motifs is 3. The van der Waals surface area contributed by atoms with Gasteiger partial charge in [-0.1, -0.05) is 35.5 Å². The van der Waals surface area contributed by atoms with Gasteiger partial charge in [0, 0.05) is 52.1 Å². The summed E-state index contributed by atoms with van der Waals surface area (Å²) in [5.41, 5.74) is 12.1. The molecule has 8 heteroatoms. The van der Waals surface area contributed by atoms with Gasteiger partial charge in [-0.2, -0.15) is 0 Å². The molecule has 2 atom stereocenters. The number of hydrogen-bond donors (Lipinski definition) is 2. The lowest BCUT2D eigenvalue weighted by atomic mass is 9.96. The predicted molar refractivity (Wildman–Crippen MR) is 154 cm³/mol. The lowest BCUT2D eigenvalue weighted by Crippen LogP contribution is -2.46. The largest absolute Gasteiger partial charge is 0.393 e. The smallest absolute Gasteiger partial charge is 0.254 e. The molecule has 1 saturated heterocycles. The van der Waals surface area contributed by atoms with Crippen molar-refractivity contribution in [1.82, 2.24) is 14.6 Å². The third-order valence-corrected chi connectivity index (χ3v) is 8.09. The summed E-state index contributed by atoms with van der Waals surface area (Å²) in [5, 5.41) is 15.7. The molecule has 2 unspecified atom stereocenters. The number of carbonyl (C=O) groups excluding carboxylic acids is 2. The van der Waals surface area contributed by atoms with Crippen LogP contribution in [-0.2, 0) is 6.54 Å². The highest BCUT2D eigenvalue weighted by Gasteiger charge is 2.29. The van der Waals surface area contributed by atoms with E-state index in [1.54, 1.807) is 6.07 Å². The zero-order valence-electron chi connectivity index (χ0n) is 22.8. The van der Waals surface area contributed by atoms with Crippen LogP contribution < -0.4 is 5.73 Å². The summed E-state index contributed by atoms with van der Waals surface area (Å²) in [5.74, 6) is 0.0256. The maximum atomic E-state index is 13.6. The van der Waals surface area contributed by atoms with Gasteiger partial charge in [0.1, 0.15) is 5.76 Å². The number of nitrogens with two attached hydrogens (primary N) is 1. The Bertz CT molecular complexity index is 1750. The molecule has 3 N–H and O–H groups in total. The molecule has 0 radical (unpaired) electrons. The summed E-state index contributed by atoms with van der Waals surface area (Å²) < 4.78 is 7.60. The third kappa shape index (κ3) is 4.34. The van der Waals surface area contributed by atoms with Crippen LogP contribution in [-0.4, -0.2) is 50.2 Å². The number of aliphatic hydroxyl groups excluding tert-OH is 1. The molecule has 0 bridgehead atoms. The van der Waals surface area contributed by atoms with Gasteiger partial charge in [0.25, 0.3) is 5.91 Å². The molecule has 3 aromatic carbocycles. The van der Waals surface area contributed by atoms with E-state index in [0.29, 0.717) is 48.2 Å². The molecular weight excluding hydrogens is 504 g/mol. The van der Waals surface area contributed by atoms with E-state index >= 15 is 0 Å². The van der Waals surface area contributed by atoms with Crippen LogP contribution in [0.5, 0.6) is 0 Å². The Morgan fingerprint density at radius 2 is 1.85 bits per heavy atom. The van der Waals surface area contributed by atoms with Crippen LogP contribution >= 0.6 is 0 Å². The molecule has 2 amide bonds. The van der Waals surface area contributed by atoms with Gasteiger partial charge in [-0.15, -0.1) is 0 Å². The number of piperidine rings is 1. The second kappa shape index (κ2) is 9.95. The summed E-state index contributed by atoms with van der Waals surface area (Å²) in [7, 11) is 0. The van der Waals surface area contributed by atoms with Crippen LogP contribution in [0.2, 0.25) is 0 Å². The Morgan fingerprint density at radius 3 is 2.52 bits per heavy atom. The number of primary amides is 1. The van der Waals surface area contributed by atoms with Crippen molar-refractivity contribution in [2.75, 3.05) is 6.54 Å². The summed E-state index contributed by atoms with van der Waals surface area (Å²) >= 11 is 0. The first-order valence-electron chi connectivity index (χ1n) is 13.6. The van der Waals surface area contributed by atoms with Gasteiger partial charge in [0.05, 0.1) is 17.3 Å². The maximum Gasteiger partial charge on any atom is 0.254 e. The summed E-state index contributed by atoms with van der Waals surface area (Å²) in [6, 6.07) is 19.6. The first-order chi connectivity index (χ1) is 19.2. The number of aliphatic hydroxyl groups is 1. The van der Waals surface area contributed by atoms with E-state index in [0.717, 1.165) is 38.8 Å². The van der Waals surface area contributed by atoms with Crippen molar-refractivity contribution in [2.24, 2.45) is 5.73 Å². The van der Waals surface area contributed by atoms with Crippen molar-refractivity contribution >= 4 is 33.6 Å². The van der Waals surface area contributed by atoms with Gasteiger partial charge < -0.3 is 24.8 Å². The highest BCUT2D eigenvalue weighted by atomic mass is 16.5. The van der Waals surface area contributed by atoms with E-state index in [2.05, 4.69) is 21.9 Å². The second-order valence-corrected chi connectivity index (χ2v) is 10.8. The van der Waals surface area contributed by atoms with Crippen molar-refractivity contribution in [1.29, 1.82) is 0 Å². The molecule has 5 aromatic rings. The van der Waals surface area contributed by atoms with Crippen LogP contribution in [0.25, 0.3) is 32.9 Å². The molecule has 0 aliphatic carbocycles. The second-order valence-electron chi connectivity index (χ2n) is 10.8. The first-order valence-corrected chi connectivity index (χ1v) is 13.6. The molecule has 1 fully saturated rings. The van der Waals surface area contributed by atoms with Crippen molar-refractivity contribution in [3.05, 3.63) is 88.8 Å². The Kier molecular flexibility index (Phi) is 6.43. The number of aromatic nitrogens is 2. The Labute approximate surface area is 232 Å². The minimum Gasteiger partial charge on any atom is -0.393 e. The number of nitrogens with zero attached hydrogens (tertiary/aromatic N) is 3. The van der Waals surface area contributed by atoms with Gasteiger partial charge >= 0.3 is 0 Å². The Morgan fingerprint density at radius 1 is 1.07 bits per heavy atom. The normalized spacial score (nSPS) is 17.6. The lowest BCUT2D eigenvalue weighted by Gasteiger charge is -2.36.